The van der Waals surface area contributed by atoms with Crippen molar-refractivity contribution in [3.63, 3.8) is 0 Å². The van der Waals surface area contributed by atoms with E-state index in [0.29, 0.717) is 11.4 Å². The average molecular weight is 289 g/mol. The Kier molecular flexibility index (Phi) is 4.60. The van der Waals surface area contributed by atoms with Crippen molar-refractivity contribution in [2.24, 2.45) is 5.84 Å². The summed E-state index contributed by atoms with van der Waals surface area (Å²) >= 11 is 1.66. The highest BCUT2D eigenvalue weighted by Crippen LogP contribution is 2.30. The fourth-order valence-electron chi connectivity index (χ4n) is 1.82. The number of nitrogens with two attached hydrogens (primary N) is 1. The molecule has 0 aliphatic carbocycles. The molecule has 2 aromatic carbocycles. The molecule has 0 spiro atoms. The molecule has 0 saturated heterocycles. The van der Waals surface area contributed by atoms with Gasteiger partial charge < -0.3 is 5.43 Å². The predicted octanol–water partition coefficient (Wildman–Crippen LogP) is 3.48. The molecule has 0 heterocycles. The first-order chi connectivity index (χ1) is 9.61. The van der Waals surface area contributed by atoms with Gasteiger partial charge in [-0.2, -0.15) is 0 Å². The van der Waals surface area contributed by atoms with Gasteiger partial charge in [0.2, 0.25) is 0 Å². The lowest BCUT2D eigenvalue weighted by Crippen LogP contribution is -2.09. The number of aryl methyl sites for hydroxylation is 1. The summed E-state index contributed by atoms with van der Waals surface area (Å²) in [6, 6.07) is 13.1. The molecular weight excluding hydrogens is 274 g/mol. The lowest BCUT2D eigenvalue weighted by atomic mass is 10.2. The van der Waals surface area contributed by atoms with Crippen LogP contribution in [0.25, 0.3) is 0 Å². The Bertz CT molecular complexity index is 632. The molecule has 0 aromatic heterocycles. The smallest absolute Gasteiger partial charge is 0.293 e. The second-order valence-electron chi connectivity index (χ2n) is 4.31. The van der Waals surface area contributed by atoms with E-state index in [1.807, 2.05) is 37.3 Å². The molecule has 2 rings (SSSR count). The predicted molar refractivity (Wildman–Crippen MR) is 81.6 cm³/mol. The highest BCUT2D eigenvalue weighted by atomic mass is 32.2. The maximum atomic E-state index is 11.0. The van der Waals surface area contributed by atoms with Crippen molar-refractivity contribution in [2.45, 2.75) is 17.6 Å². The van der Waals surface area contributed by atoms with Crippen molar-refractivity contribution < 1.29 is 4.92 Å². The second kappa shape index (κ2) is 6.40. The molecule has 0 aliphatic rings. The number of nitro groups is 1. The largest absolute Gasteiger partial charge is 0.318 e. The Morgan fingerprint density at radius 2 is 2.05 bits per heavy atom. The molecular formula is C14H15N3O2S. The maximum absolute atomic E-state index is 11.0. The quantitative estimate of drug-likeness (QED) is 0.381. The number of hydrogen-bond acceptors (Lipinski definition) is 5. The molecule has 0 bridgehead atoms. The van der Waals surface area contributed by atoms with Gasteiger partial charge in [0, 0.05) is 16.7 Å². The van der Waals surface area contributed by atoms with Crippen molar-refractivity contribution in [1.82, 2.24) is 0 Å². The van der Waals surface area contributed by atoms with E-state index in [0.717, 1.165) is 5.56 Å². The van der Waals surface area contributed by atoms with Gasteiger partial charge in [0.25, 0.3) is 5.69 Å². The molecule has 6 heteroatoms. The SMILES string of the molecule is Cc1ccccc1SCc1ccc(NN)c([N+](=O)[O-])c1. The lowest BCUT2D eigenvalue weighted by Gasteiger charge is -2.07. The van der Waals surface area contributed by atoms with Crippen LogP contribution in [0.5, 0.6) is 0 Å². The van der Waals surface area contributed by atoms with Gasteiger partial charge in [-0.25, -0.2) is 0 Å². The van der Waals surface area contributed by atoms with Crippen LogP contribution in [0.2, 0.25) is 0 Å². The van der Waals surface area contributed by atoms with Gasteiger partial charge in [0.05, 0.1) is 4.92 Å². The first-order valence-electron chi connectivity index (χ1n) is 6.04. The highest BCUT2D eigenvalue weighted by Gasteiger charge is 2.13. The number of anilines is 1. The minimum absolute atomic E-state index is 0.00427. The second-order valence-corrected chi connectivity index (χ2v) is 5.32. The molecule has 0 fully saturated rings. The number of hydrogen-bond donors (Lipinski definition) is 2. The summed E-state index contributed by atoms with van der Waals surface area (Å²) in [5, 5.41) is 11.0. The van der Waals surface area contributed by atoms with Crippen molar-refractivity contribution >= 4 is 23.1 Å². The number of rotatable bonds is 5. The zero-order valence-electron chi connectivity index (χ0n) is 11.0. The summed E-state index contributed by atoms with van der Waals surface area (Å²) < 4.78 is 0. The molecule has 2 aromatic rings. The third-order valence-electron chi connectivity index (χ3n) is 2.90. The fourth-order valence-corrected chi connectivity index (χ4v) is 2.79. The Hall–Kier alpha value is -2.05. The molecule has 0 saturated carbocycles. The number of benzene rings is 2. The maximum Gasteiger partial charge on any atom is 0.293 e. The van der Waals surface area contributed by atoms with Gasteiger partial charge >= 0.3 is 0 Å². The molecule has 5 nitrogen and oxygen atoms in total. The van der Waals surface area contributed by atoms with E-state index in [4.69, 9.17) is 5.84 Å². The van der Waals surface area contributed by atoms with E-state index in [1.54, 1.807) is 23.9 Å². The van der Waals surface area contributed by atoms with Crippen LogP contribution in [0.1, 0.15) is 11.1 Å². The molecule has 0 aliphatic heterocycles. The van der Waals surface area contributed by atoms with E-state index in [2.05, 4.69) is 5.43 Å². The highest BCUT2D eigenvalue weighted by molar-refractivity contribution is 7.98. The van der Waals surface area contributed by atoms with Crippen LogP contribution in [0.15, 0.2) is 47.4 Å². The topological polar surface area (TPSA) is 81.2 Å². The number of hydrazine groups is 1. The number of nitrogen functional groups attached to an aromatic ring is 1. The van der Waals surface area contributed by atoms with Gasteiger partial charge in [-0.3, -0.25) is 16.0 Å². The Balaban J connectivity index is 2.16. The normalized spacial score (nSPS) is 10.3. The van der Waals surface area contributed by atoms with Crippen molar-refractivity contribution in [1.29, 1.82) is 0 Å². The van der Waals surface area contributed by atoms with Gasteiger partial charge in [-0.15, -0.1) is 11.8 Å². The van der Waals surface area contributed by atoms with Crippen LogP contribution >= 0.6 is 11.8 Å². The first kappa shape index (κ1) is 14.4. The summed E-state index contributed by atoms with van der Waals surface area (Å²) in [6.07, 6.45) is 0. The minimum Gasteiger partial charge on any atom is -0.318 e. The lowest BCUT2D eigenvalue weighted by molar-refractivity contribution is -0.384. The summed E-state index contributed by atoms with van der Waals surface area (Å²) in [4.78, 5) is 11.7. The Morgan fingerprint density at radius 1 is 1.30 bits per heavy atom. The number of nitrogens with one attached hydrogen (secondary N) is 1. The summed E-state index contributed by atoms with van der Waals surface area (Å²) in [5.41, 5.74) is 4.75. The third kappa shape index (κ3) is 3.28. The van der Waals surface area contributed by atoms with Crippen molar-refractivity contribution in [3.05, 3.63) is 63.7 Å². The average Bonchev–Trinajstić information content (AvgIpc) is 2.46. The van der Waals surface area contributed by atoms with Crippen LogP contribution in [0, 0.1) is 17.0 Å². The van der Waals surface area contributed by atoms with Crippen LogP contribution in [-0.4, -0.2) is 4.92 Å². The van der Waals surface area contributed by atoms with Crippen molar-refractivity contribution in [3.8, 4) is 0 Å². The van der Waals surface area contributed by atoms with Crippen LogP contribution < -0.4 is 11.3 Å². The standard InChI is InChI=1S/C14H15N3O2S/c1-10-4-2-3-5-14(10)20-9-11-6-7-12(16-15)13(8-11)17(18)19/h2-8,16H,9,15H2,1H3. The molecule has 20 heavy (non-hydrogen) atoms. The van der Waals surface area contributed by atoms with Gasteiger partial charge in [0.15, 0.2) is 0 Å². The number of thioether (sulfide) groups is 1. The number of nitrogens with zero attached hydrogens (tertiary/aromatic N) is 1. The molecule has 0 unspecified atom stereocenters. The fraction of sp³-hybridized carbons (Fsp3) is 0.143. The summed E-state index contributed by atoms with van der Waals surface area (Å²) in [7, 11) is 0. The van der Waals surface area contributed by atoms with Crippen LogP contribution in [0.4, 0.5) is 11.4 Å². The third-order valence-corrected chi connectivity index (χ3v) is 4.15. The minimum atomic E-state index is -0.433. The Morgan fingerprint density at radius 3 is 2.70 bits per heavy atom. The van der Waals surface area contributed by atoms with Crippen LogP contribution in [0.3, 0.4) is 0 Å². The molecule has 0 amide bonds. The van der Waals surface area contributed by atoms with E-state index in [9.17, 15) is 10.1 Å². The molecule has 0 radical (unpaired) electrons. The van der Waals surface area contributed by atoms with E-state index in [-0.39, 0.29) is 5.69 Å². The first-order valence-corrected chi connectivity index (χ1v) is 7.02. The monoisotopic (exact) mass is 289 g/mol. The van der Waals surface area contributed by atoms with Gasteiger partial charge in [0.1, 0.15) is 5.69 Å². The summed E-state index contributed by atoms with van der Waals surface area (Å²) in [5.74, 6) is 5.94. The van der Waals surface area contributed by atoms with Crippen LogP contribution in [-0.2, 0) is 5.75 Å². The summed E-state index contributed by atoms with van der Waals surface area (Å²) in [6.45, 7) is 2.05. The van der Waals surface area contributed by atoms with Crippen molar-refractivity contribution in [2.75, 3.05) is 5.43 Å². The van der Waals surface area contributed by atoms with Gasteiger partial charge in [-0.1, -0.05) is 24.3 Å². The van der Waals surface area contributed by atoms with E-state index >= 15 is 0 Å². The number of nitro benzene ring substituents is 1. The molecule has 104 valence electrons. The Labute approximate surface area is 121 Å². The zero-order chi connectivity index (χ0) is 14.5. The van der Waals surface area contributed by atoms with E-state index < -0.39 is 4.92 Å². The van der Waals surface area contributed by atoms with E-state index in [1.165, 1.54) is 10.5 Å². The zero-order valence-corrected chi connectivity index (χ0v) is 11.8. The molecule has 0 atom stereocenters. The van der Waals surface area contributed by atoms with Gasteiger partial charge in [-0.05, 0) is 30.2 Å². The molecule has 3 N–H and O–H groups in total.